The van der Waals surface area contributed by atoms with Gasteiger partial charge in [-0.1, -0.05) is 0 Å². The molecule has 2 aliphatic rings. The summed E-state index contributed by atoms with van der Waals surface area (Å²) in [6.45, 7) is 4.40. The van der Waals surface area contributed by atoms with Gasteiger partial charge in [-0.05, 0) is 31.2 Å². The Kier molecular flexibility index (Phi) is 4.39. The second-order valence-corrected chi connectivity index (χ2v) is 7.60. The van der Waals surface area contributed by atoms with Crippen molar-refractivity contribution in [2.24, 2.45) is 0 Å². The van der Waals surface area contributed by atoms with Crippen LogP contribution in [0.3, 0.4) is 0 Å². The van der Waals surface area contributed by atoms with Crippen LogP contribution in [-0.2, 0) is 4.79 Å². The number of aromatic nitrogens is 4. The Morgan fingerprint density at radius 2 is 1.93 bits per heavy atom. The zero-order valence-electron chi connectivity index (χ0n) is 15.8. The summed E-state index contributed by atoms with van der Waals surface area (Å²) in [5, 5.41) is 4.17. The molecular formula is C19H19ClN6O3. The molecule has 0 aliphatic carbocycles. The van der Waals surface area contributed by atoms with Crippen LogP contribution in [0.25, 0.3) is 17.0 Å². The van der Waals surface area contributed by atoms with E-state index in [1.165, 1.54) is 0 Å². The van der Waals surface area contributed by atoms with Crippen LogP contribution in [0, 0.1) is 0 Å². The van der Waals surface area contributed by atoms with Crippen molar-refractivity contribution in [3.8, 4) is 22.8 Å². The Morgan fingerprint density at radius 1 is 1.14 bits per heavy atom. The summed E-state index contributed by atoms with van der Waals surface area (Å²) < 4.78 is 12.6. The number of rotatable bonds is 3. The first-order valence-corrected chi connectivity index (χ1v) is 9.83. The number of hydrogen-bond donors (Lipinski definition) is 0. The number of fused-ring (bicyclic) bond motifs is 2. The van der Waals surface area contributed by atoms with Gasteiger partial charge in [0.1, 0.15) is 5.38 Å². The van der Waals surface area contributed by atoms with E-state index in [0.29, 0.717) is 43.7 Å². The van der Waals surface area contributed by atoms with Crippen molar-refractivity contribution in [3.63, 3.8) is 0 Å². The van der Waals surface area contributed by atoms with E-state index >= 15 is 0 Å². The van der Waals surface area contributed by atoms with Crippen LogP contribution in [0.1, 0.15) is 6.92 Å². The SMILES string of the molecule is CC(Cl)C(=O)N1CCN(c2nc3nccc(-c4ccc5c(c4)OCO5)n3n2)CC1. The lowest BCUT2D eigenvalue weighted by atomic mass is 10.1. The Bertz CT molecular complexity index is 1080. The third-order valence-electron chi connectivity index (χ3n) is 5.11. The molecule has 29 heavy (non-hydrogen) atoms. The Morgan fingerprint density at radius 3 is 2.72 bits per heavy atom. The van der Waals surface area contributed by atoms with Gasteiger partial charge in [-0.3, -0.25) is 4.79 Å². The molecule has 0 bridgehead atoms. The third-order valence-corrected chi connectivity index (χ3v) is 5.30. The van der Waals surface area contributed by atoms with Crippen LogP contribution in [-0.4, -0.2) is 68.7 Å². The van der Waals surface area contributed by atoms with Gasteiger partial charge in [0.25, 0.3) is 5.78 Å². The molecule has 0 radical (unpaired) electrons. The highest BCUT2D eigenvalue weighted by atomic mass is 35.5. The summed E-state index contributed by atoms with van der Waals surface area (Å²) in [6, 6.07) is 7.66. The molecule has 1 atom stereocenters. The van der Waals surface area contributed by atoms with E-state index in [1.54, 1.807) is 22.5 Å². The quantitative estimate of drug-likeness (QED) is 0.604. The molecule has 1 amide bonds. The molecule has 1 unspecified atom stereocenters. The van der Waals surface area contributed by atoms with Crippen LogP contribution in [0.5, 0.6) is 11.5 Å². The molecule has 4 heterocycles. The number of amides is 1. The third kappa shape index (κ3) is 3.21. The average Bonchev–Trinajstić information content (AvgIpc) is 3.39. The molecule has 5 rings (SSSR count). The Hall–Kier alpha value is -3.07. The topological polar surface area (TPSA) is 85.1 Å². The second-order valence-electron chi connectivity index (χ2n) is 6.95. The Labute approximate surface area is 171 Å². The molecule has 2 aliphatic heterocycles. The largest absolute Gasteiger partial charge is 0.454 e. The molecule has 1 fully saturated rings. The molecule has 10 heteroatoms. The summed E-state index contributed by atoms with van der Waals surface area (Å²) in [5.41, 5.74) is 1.79. The van der Waals surface area contributed by atoms with Gasteiger partial charge in [-0.2, -0.15) is 9.50 Å². The molecule has 0 spiro atoms. The standard InChI is InChI=1S/C19H19ClN6O3/c1-12(20)17(27)24-6-8-25(9-7-24)19-22-18-21-5-4-14(26(18)23-19)13-2-3-15-16(10-13)29-11-28-15/h2-5,10,12H,6-9,11H2,1H3. The molecule has 9 nitrogen and oxygen atoms in total. The van der Waals surface area contributed by atoms with Crippen LogP contribution in [0.4, 0.5) is 5.95 Å². The molecule has 1 saturated heterocycles. The lowest BCUT2D eigenvalue weighted by Crippen LogP contribution is -2.50. The van der Waals surface area contributed by atoms with Crippen LogP contribution < -0.4 is 14.4 Å². The van der Waals surface area contributed by atoms with Gasteiger partial charge in [-0.25, -0.2) is 4.98 Å². The molecule has 1 aromatic carbocycles. The number of benzene rings is 1. The number of piperazine rings is 1. The van der Waals surface area contributed by atoms with Crippen molar-refractivity contribution in [2.75, 3.05) is 37.9 Å². The Balaban J connectivity index is 1.42. The second kappa shape index (κ2) is 7.07. The van der Waals surface area contributed by atoms with Gasteiger partial charge < -0.3 is 19.3 Å². The van der Waals surface area contributed by atoms with Crippen molar-refractivity contribution >= 4 is 29.2 Å². The van der Waals surface area contributed by atoms with Gasteiger partial charge in [-0.15, -0.1) is 16.7 Å². The normalized spacial score (nSPS) is 17.0. The number of ether oxygens (including phenoxy) is 2. The average molecular weight is 415 g/mol. The van der Waals surface area contributed by atoms with E-state index in [2.05, 4.69) is 20.0 Å². The number of carbonyl (C=O) groups is 1. The summed E-state index contributed by atoms with van der Waals surface area (Å²) >= 11 is 5.92. The first kappa shape index (κ1) is 18.0. The van der Waals surface area contributed by atoms with Gasteiger partial charge in [0.15, 0.2) is 11.5 Å². The fourth-order valence-electron chi connectivity index (χ4n) is 3.57. The van der Waals surface area contributed by atoms with Gasteiger partial charge in [0.05, 0.1) is 5.69 Å². The maximum Gasteiger partial charge on any atom is 0.254 e. The van der Waals surface area contributed by atoms with E-state index in [0.717, 1.165) is 17.0 Å². The first-order valence-electron chi connectivity index (χ1n) is 9.40. The molecule has 2 aromatic heterocycles. The van der Waals surface area contributed by atoms with Crippen molar-refractivity contribution < 1.29 is 14.3 Å². The van der Waals surface area contributed by atoms with E-state index in [4.69, 9.17) is 21.1 Å². The maximum atomic E-state index is 12.1. The van der Waals surface area contributed by atoms with Crippen molar-refractivity contribution in [2.45, 2.75) is 12.3 Å². The summed E-state index contributed by atoms with van der Waals surface area (Å²) in [5.74, 6) is 2.51. The number of nitrogens with zero attached hydrogens (tertiary/aromatic N) is 6. The van der Waals surface area contributed by atoms with Gasteiger partial charge in [0, 0.05) is 37.9 Å². The minimum absolute atomic E-state index is 0.0407. The van der Waals surface area contributed by atoms with Gasteiger partial charge >= 0.3 is 0 Å². The lowest BCUT2D eigenvalue weighted by molar-refractivity contribution is -0.130. The molecule has 3 aromatic rings. The highest BCUT2D eigenvalue weighted by Crippen LogP contribution is 2.35. The van der Waals surface area contributed by atoms with Gasteiger partial charge in [0.2, 0.25) is 18.6 Å². The number of anilines is 1. The predicted octanol–water partition coefficient (Wildman–Crippen LogP) is 1.80. The number of carbonyl (C=O) groups excluding carboxylic acids is 1. The first-order chi connectivity index (χ1) is 14.1. The van der Waals surface area contributed by atoms with Crippen molar-refractivity contribution in [3.05, 3.63) is 30.5 Å². The number of alkyl halides is 1. The van der Waals surface area contributed by atoms with E-state index in [9.17, 15) is 4.79 Å². The van der Waals surface area contributed by atoms with E-state index in [-0.39, 0.29) is 12.7 Å². The lowest BCUT2D eigenvalue weighted by Gasteiger charge is -2.34. The monoisotopic (exact) mass is 414 g/mol. The number of hydrogen-bond acceptors (Lipinski definition) is 7. The molecule has 0 N–H and O–H groups in total. The fourth-order valence-corrected chi connectivity index (χ4v) is 3.71. The van der Waals surface area contributed by atoms with Crippen LogP contribution in [0.15, 0.2) is 30.5 Å². The highest BCUT2D eigenvalue weighted by molar-refractivity contribution is 6.30. The molecular weight excluding hydrogens is 396 g/mol. The minimum Gasteiger partial charge on any atom is -0.454 e. The zero-order chi connectivity index (χ0) is 20.0. The maximum absolute atomic E-state index is 12.1. The molecule has 0 saturated carbocycles. The van der Waals surface area contributed by atoms with Crippen LogP contribution in [0.2, 0.25) is 0 Å². The van der Waals surface area contributed by atoms with Crippen molar-refractivity contribution in [1.82, 2.24) is 24.5 Å². The summed E-state index contributed by atoms with van der Waals surface area (Å²) in [7, 11) is 0. The van der Waals surface area contributed by atoms with E-state index in [1.807, 2.05) is 24.3 Å². The van der Waals surface area contributed by atoms with E-state index < -0.39 is 5.38 Å². The smallest absolute Gasteiger partial charge is 0.254 e. The fraction of sp³-hybridized carbons (Fsp3) is 0.368. The summed E-state index contributed by atoms with van der Waals surface area (Å²) in [4.78, 5) is 24.8. The minimum atomic E-state index is -0.511. The predicted molar refractivity (Wildman–Crippen MR) is 106 cm³/mol. The summed E-state index contributed by atoms with van der Waals surface area (Å²) in [6.07, 6.45) is 1.71. The highest BCUT2D eigenvalue weighted by Gasteiger charge is 2.26. The van der Waals surface area contributed by atoms with Crippen molar-refractivity contribution in [1.29, 1.82) is 0 Å². The zero-order valence-corrected chi connectivity index (χ0v) is 16.5. The molecule has 150 valence electrons. The number of halogens is 1. The van der Waals surface area contributed by atoms with Crippen LogP contribution >= 0.6 is 11.6 Å².